The van der Waals surface area contributed by atoms with Gasteiger partial charge in [0, 0.05) is 23.4 Å². The zero-order valence-corrected chi connectivity index (χ0v) is 15.2. The van der Waals surface area contributed by atoms with Gasteiger partial charge in [-0.25, -0.2) is 8.78 Å². The van der Waals surface area contributed by atoms with Crippen LogP contribution in [0.4, 0.5) is 14.5 Å². The first-order valence-corrected chi connectivity index (χ1v) is 8.28. The average Bonchev–Trinajstić information content (AvgIpc) is 2.50. The van der Waals surface area contributed by atoms with Crippen molar-refractivity contribution in [1.29, 1.82) is 0 Å². The van der Waals surface area contributed by atoms with E-state index in [2.05, 4.69) is 10.6 Å². The summed E-state index contributed by atoms with van der Waals surface area (Å²) in [6.45, 7) is 9.36. The van der Waals surface area contributed by atoms with E-state index in [4.69, 9.17) is 0 Å². The fourth-order valence-electron chi connectivity index (χ4n) is 3.00. The lowest BCUT2D eigenvalue weighted by molar-refractivity contribution is -0.118. The summed E-state index contributed by atoms with van der Waals surface area (Å²) in [6.07, 6.45) is 0. The monoisotopic (exact) mass is 346 g/mol. The summed E-state index contributed by atoms with van der Waals surface area (Å²) in [5.74, 6) is -1.45. The smallest absolute Gasteiger partial charge is 0.241 e. The van der Waals surface area contributed by atoms with E-state index >= 15 is 0 Å². The molecule has 2 aromatic rings. The third-order valence-corrected chi connectivity index (χ3v) is 4.25. The van der Waals surface area contributed by atoms with E-state index in [1.165, 1.54) is 12.1 Å². The third kappa shape index (κ3) is 4.63. The van der Waals surface area contributed by atoms with Crippen molar-refractivity contribution in [3.8, 4) is 0 Å². The molecule has 0 spiro atoms. The van der Waals surface area contributed by atoms with Crippen LogP contribution in [-0.2, 0) is 4.79 Å². The van der Waals surface area contributed by atoms with Gasteiger partial charge in [-0.3, -0.25) is 10.1 Å². The quantitative estimate of drug-likeness (QED) is 0.833. The van der Waals surface area contributed by atoms with E-state index in [9.17, 15) is 13.6 Å². The van der Waals surface area contributed by atoms with Crippen molar-refractivity contribution in [3.05, 3.63) is 64.2 Å². The summed E-state index contributed by atoms with van der Waals surface area (Å²) in [5, 5.41) is 5.98. The Morgan fingerprint density at radius 1 is 1.00 bits per heavy atom. The van der Waals surface area contributed by atoms with Crippen molar-refractivity contribution in [2.75, 3.05) is 5.32 Å². The fraction of sp³-hybridized carbons (Fsp3) is 0.350. The number of nitrogens with one attached hydrogen (secondary N) is 2. The number of rotatable bonds is 5. The number of hydrogen-bond acceptors (Lipinski definition) is 2. The Bertz CT molecular complexity index is 766. The van der Waals surface area contributed by atoms with Gasteiger partial charge in [-0.15, -0.1) is 0 Å². The molecule has 0 saturated carbocycles. The second-order valence-electron chi connectivity index (χ2n) is 6.54. The Morgan fingerprint density at radius 3 is 2.16 bits per heavy atom. The Hall–Kier alpha value is -2.27. The maximum atomic E-state index is 13.9. The number of benzene rings is 2. The summed E-state index contributed by atoms with van der Waals surface area (Å²) in [7, 11) is 0. The number of amides is 1. The summed E-state index contributed by atoms with van der Waals surface area (Å²) < 4.78 is 26.9. The molecule has 0 aliphatic rings. The highest BCUT2D eigenvalue weighted by Gasteiger charge is 2.19. The molecule has 1 amide bonds. The number of anilines is 1. The molecule has 0 aliphatic heterocycles. The minimum absolute atomic E-state index is 0.204. The predicted octanol–water partition coefficient (Wildman–Crippen LogP) is 4.57. The van der Waals surface area contributed by atoms with Crippen LogP contribution in [-0.4, -0.2) is 11.9 Å². The number of carbonyl (C=O) groups excluding carboxylic acids is 1. The van der Waals surface area contributed by atoms with Gasteiger partial charge in [-0.05, 0) is 51.8 Å². The van der Waals surface area contributed by atoms with Crippen LogP contribution in [0.25, 0.3) is 0 Å². The van der Waals surface area contributed by atoms with Crippen LogP contribution in [0.3, 0.4) is 0 Å². The number of aryl methyl sites for hydroxylation is 3. The molecule has 0 fully saturated rings. The van der Waals surface area contributed by atoms with Crippen molar-refractivity contribution in [2.24, 2.45) is 0 Å². The molecule has 134 valence electrons. The largest absolute Gasteiger partial charge is 0.324 e. The van der Waals surface area contributed by atoms with Crippen LogP contribution >= 0.6 is 0 Å². The van der Waals surface area contributed by atoms with Gasteiger partial charge in [0.05, 0.1) is 6.04 Å². The van der Waals surface area contributed by atoms with Crippen molar-refractivity contribution in [3.63, 3.8) is 0 Å². The topological polar surface area (TPSA) is 41.1 Å². The summed E-state index contributed by atoms with van der Waals surface area (Å²) >= 11 is 0. The minimum atomic E-state index is -0.627. The van der Waals surface area contributed by atoms with Gasteiger partial charge in [-0.2, -0.15) is 0 Å². The highest BCUT2D eigenvalue weighted by molar-refractivity contribution is 5.96. The zero-order valence-electron chi connectivity index (χ0n) is 15.2. The van der Waals surface area contributed by atoms with E-state index in [1.807, 2.05) is 32.9 Å². The molecule has 3 nitrogen and oxygen atoms in total. The minimum Gasteiger partial charge on any atom is -0.324 e. The normalized spacial score (nSPS) is 13.4. The van der Waals surface area contributed by atoms with Crippen LogP contribution in [0.2, 0.25) is 0 Å². The number of halogens is 2. The standard InChI is InChI=1S/C20H24F2N2O/c1-11-8-12(2)19(13(3)9-11)24-20(25)15(5)23-14(4)17-7-6-16(21)10-18(17)22/h6-10,14-15,23H,1-5H3,(H,24,25)/t14-,15-/m1/s1. The zero-order chi connectivity index (χ0) is 18.7. The van der Waals surface area contributed by atoms with Crippen molar-refractivity contribution >= 4 is 11.6 Å². The van der Waals surface area contributed by atoms with Crippen molar-refractivity contribution in [1.82, 2.24) is 5.32 Å². The second kappa shape index (κ2) is 7.74. The van der Waals surface area contributed by atoms with Gasteiger partial charge in [0.1, 0.15) is 11.6 Å². The molecule has 0 aliphatic carbocycles. The lowest BCUT2D eigenvalue weighted by Crippen LogP contribution is -2.39. The van der Waals surface area contributed by atoms with Crippen LogP contribution in [0.1, 0.15) is 42.1 Å². The van der Waals surface area contributed by atoms with Crippen molar-refractivity contribution in [2.45, 2.75) is 46.7 Å². The molecule has 2 atom stereocenters. The Kier molecular flexibility index (Phi) is 5.90. The van der Waals surface area contributed by atoms with Crippen LogP contribution in [0.5, 0.6) is 0 Å². The highest BCUT2D eigenvalue weighted by atomic mass is 19.1. The van der Waals surface area contributed by atoms with E-state index in [0.717, 1.165) is 28.4 Å². The SMILES string of the molecule is Cc1cc(C)c(NC(=O)[C@@H](C)N[C@H](C)c2ccc(F)cc2F)c(C)c1. The summed E-state index contributed by atoms with van der Waals surface area (Å²) in [6, 6.07) is 6.49. The fourth-order valence-corrected chi connectivity index (χ4v) is 3.00. The van der Waals surface area contributed by atoms with Crippen LogP contribution in [0.15, 0.2) is 30.3 Å². The molecule has 2 N–H and O–H groups in total. The molecule has 2 rings (SSSR count). The van der Waals surface area contributed by atoms with Crippen molar-refractivity contribution < 1.29 is 13.6 Å². The summed E-state index contributed by atoms with van der Waals surface area (Å²) in [4.78, 5) is 12.5. The molecule has 5 heteroatoms. The molecular formula is C20H24F2N2O. The van der Waals surface area contributed by atoms with E-state index < -0.39 is 23.7 Å². The van der Waals surface area contributed by atoms with Crippen LogP contribution < -0.4 is 10.6 Å². The predicted molar refractivity (Wildman–Crippen MR) is 96.7 cm³/mol. The van der Waals surface area contributed by atoms with Gasteiger partial charge in [0.2, 0.25) is 5.91 Å². The molecule has 2 aromatic carbocycles. The molecule has 25 heavy (non-hydrogen) atoms. The second-order valence-corrected chi connectivity index (χ2v) is 6.54. The highest BCUT2D eigenvalue weighted by Crippen LogP contribution is 2.23. The molecule has 0 radical (unpaired) electrons. The Morgan fingerprint density at radius 2 is 1.60 bits per heavy atom. The van der Waals surface area contributed by atoms with Gasteiger partial charge in [0.25, 0.3) is 0 Å². The molecule has 0 unspecified atom stereocenters. The maximum absolute atomic E-state index is 13.9. The van der Waals surface area contributed by atoms with Gasteiger partial charge in [0.15, 0.2) is 0 Å². The Labute approximate surface area is 147 Å². The van der Waals surface area contributed by atoms with Gasteiger partial charge < -0.3 is 5.32 Å². The lowest BCUT2D eigenvalue weighted by atomic mass is 10.0. The molecule has 0 saturated heterocycles. The lowest BCUT2D eigenvalue weighted by Gasteiger charge is -2.21. The maximum Gasteiger partial charge on any atom is 0.241 e. The molecular weight excluding hydrogens is 322 g/mol. The Balaban J connectivity index is 2.08. The third-order valence-electron chi connectivity index (χ3n) is 4.25. The van der Waals surface area contributed by atoms with Gasteiger partial charge >= 0.3 is 0 Å². The van der Waals surface area contributed by atoms with E-state index in [1.54, 1.807) is 13.8 Å². The first kappa shape index (κ1) is 19.1. The first-order chi connectivity index (χ1) is 11.7. The molecule has 0 bridgehead atoms. The van der Waals surface area contributed by atoms with Crippen LogP contribution in [0, 0.1) is 32.4 Å². The molecule has 0 aromatic heterocycles. The number of carbonyl (C=O) groups is 1. The van der Waals surface area contributed by atoms with E-state index in [0.29, 0.717) is 5.56 Å². The molecule has 0 heterocycles. The number of hydrogen-bond donors (Lipinski definition) is 2. The summed E-state index contributed by atoms with van der Waals surface area (Å²) in [5.41, 5.74) is 4.25. The van der Waals surface area contributed by atoms with Gasteiger partial charge in [-0.1, -0.05) is 23.8 Å². The van der Waals surface area contributed by atoms with E-state index in [-0.39, 0.29) is 5.91 Å². The average molecular weight is 346 g/mol. The first-order valence-electron chi connectivity index (χ1n) is 8.28.